The predicted molar refractivity (Wildman–Crippen MR) is 131 cm³/mol. The van der Waals surface area contributed by atoms with Gasteiger partial charge in [0.15, 0.2) is 0 Å². The van der Waals surface area contributed by atoms with E-state index in [1.165, 1.54) is 0 Å². The van der Waals surface area contributed by atoms with Crippen LogP contribution in [-0.4, -0.2) is 42.5 Å². The van der Waals surface area contributed by atoms with Crippen LogP contribution >= 0.6 is 0 Å². The van der Waals surface area contributed by atoms with Gasteiger partial charge < -0.3 is 20.5 Å². The number of hydrogen-bond donors (Lipinski definition) is 2. The van der Waals surface area contributed by atoms with E-state index in [1.807, 2.05) is 60.7 Å². The summed E-state index contributed by atoms with van der Waals surface area (Å²) in [4.78, 5) is 26.8. The Kier molecular flexibility index (Phi) is 7.78. The molecule has 0 aliphatic carbocycles. The van der Waals surface area contributed by atoms with E-state index in [0.717, 1.165) is 30.7 Å². The Bertz CT molecular complexity index is 1120. The average Bonchev–Trinajstić information content (AvgIpc) is 3.31. The monoisotopic (exact) mass is 459 g/mol. The fourth-order valence-corrected chi connectivity index (χ4v) is 4.13. The minimum atomic E-state index is -0.285. The number of nitrogens with two attached hydrogens (primary N) is 1. The summed E-state index contributed by atoms with van der Waals surface area (Å²) in [6.07, 6.45) is 1.75. The van der Waals surface area contributed by atoms with Gasteiger partial charge in [0.25, 0.3) is 5.91 Å². The van der Waals surface area contributed by atoms with E-state index < -0.39 is 0 Å². The van der Waals surface area contributed by atoms with Gasteiger partial charge in [0.05, 0.1) is 11.6 Å². The van der Waals surface area contributed by atoms with Crippen molar-refractivity contribution in [2.75, 3.05) is 25.1 Å². The van der Waals surface area contributed by atoms with Crippen molar-refractivity contribution < 1.29 is 19.1 Å². The summed E-state index contributed by atoms with van der Waals surface area (Å²) in [7, 11) is 0. The number of anilines is 1. The van der Waals surface area contributed by atoms with E-state index in [9.17, 15) is 9.59 Å². The number of nitrogens with one attached hydrogen (secondary N) is 1. The summed E-state index contributed by atoms with van der Waals surface area (Å²) in [6.45, 7) is 2.12. The van der Waals surface area contributed by atoms with Crippen LogP contribution in [0.5, 0.6) is 11.5 Å². The molecule has 0 spiro atoms. The molecule has 0 saturated carbocycles. The lowest BCUT2D eigenvalue weighted by Gasteiger charge is -2.22. The maximum atomic E-state index is 13.0. The van der Waals surface area contributed by atoms with Crippen molar-refractivity contribution in [3.8, 4) is 11.5 Å². The Hall–Kier alpha value is -3.84. The number of hydrogen-bond acceptors (Lipinski definition) is 5. The van der Waals surface area contributed by atoms with Crippen LogP contribution in [0, 0.1) is 0 Å². The van der Waals surface area contributed by atoms with Gasteiger partial charge in [0.1, 0.15) is 24.7 Å². The number of primary amides is 1. The highest BCUT2D eigenvalue weighted by atomic mass is 16.5. The lowest BCUT2D eigenvalue weighted by atomic mass is 10.1. The van der Waals surface area contributed by atoms with Gasteiger partial charge in [-0.2, -0.15) is 0 Å². The van der Waals surface area contributed by atoms with Crippen LogP contribution in [0.4, 0.5) is 5.69 Å². The number of nitrogens with zero attached hydrogens (tertiary/aromatic N) is 1. The Morgan fingerprint density at radius 1 is 0.941 bits per heavy atom. The van der Waals surface area contributed by atoms with Gasteiger partial charge in [0.2, 0.25) is 5.91 Å². The van der Waals surface area contributed by atoms with Crippen molar-refractivity contribution in [2.45, 2.75) is 25.4 Å². The van der Waals surface area contributed by atoms with Gasteiger partial charge in [-0.1, -0.05) is 42.5 Å². The maximum absolute atomic E-state index is 13.0. The number of para-hydroxylation sites is 2. The van der Waals surface area contributed by atoms with E-state index in [-0.39, 0.29) is 17.9 Å². The molecule has 2 amide bonds. The first kappa shape index (κ1) is 23.3. The molecular weight excluding hydrogens is 430 g/mol. The van der Waals surface area contributed by atoms with E-state index in [0.29, 0.717) is 36.8 Å². The SMILES string of the molecule is NC(=O)[C@H]1CCCN1Cc1cccc(NC(=O)c2ccccc2OCCOc2ccccc2)c1. The van der Waals surface area contributed by atoms with Crippen molar-refractivity contribution in [1.82, 2.24) is 4.90 Å². The van der Waals surface area contributed by atoms with E-state index in [2.05, 4.69) is 10.2 Å². The van der Waals surface area contributed by atoms with Crippen molar-refractivity contribution in [3.05, 3.63) is 90.0 Å². The van der Waals surface area contributed by atoms with Crippen LogP contribution in [0.3, 0.4) is 0 Å². The quantitative estimate of drug-likeness (QED) is 0.449. The van der Waals surface area contributed by atoms with Gasteiger partial charge in [-0.3, -0.25) is 14.5 Å². The number of carbonyl (C=O) groups is 2. The van der Waals surface area contributed by atoms with Crippen LogP contribution < -0.4 is 20.5 Å². The third-order valence-corrected chi connectivity index (χ3v) is 5.75. The fourth-order valence-electron chi connectivity index (χ4n) is 4.13. The summed E-state index contributed by atoms with van der Waals surface area (Å²) in [5.41, 5.74) is 7.67. The lowest BCUT2D eigenvalue weighted by molar-refractivity contribution is -0.122. The van der Waals surface area contributed by atoms with Crippen LogP contribution in [-0.2, 0) is 11.3 Å². The number of amides is 2. The smallest absolute Gasteiger partial charge is 0.259 e. The molecule has 1 saturated heterocycles. The molecule has 1 fully saturated rings. The molecule has 176 valence electrons. The molecule has 34 heavy (non-hydrogen) atoms. The maximum Gasteiger partial charge on any atom is 0.259 e. The number of rotatable bonds is 10. The van der Waals surface area contributed by atoms with Crippen LogP contribution in [0.1, 0.15) is 28.8 Å². The third kappa shape index (κ3) is 6.14. The Labute approximate surface area is 199 Å². The zero-order valence-corrected chi connectivity index (χ0v) is 19.0. The highest BCUT2D eigenvalue weighted by Gasteiger charge is 2.28. The molecule has 3 aromatic carbocycles. The Morgan fingerprint density at radius 2 is 1.71 bits per heavy atom. The van der Waals surface area contributed by atoms with Crippen molar-refractivity contribution in [3.63, 3.8) is 0 Å². The second kappa shape index (κ2) is 11.3. The normalized spacial score (nSPS) is 15.6. The average molecular weight is 460 g/mol. The topological polar surface area (TPSA) is 93.9 Å². The molecule has 4 rings (SSSR count). The van der Waals surface area contributed by atoms with Gasteiger partial charge in [0, 0.05) is 12.2 Å². The van der Waals surface area contributed by atoms with Gasteiger partial charge >= 0.3 is 0 Å². The summed E-state index contributed by atoms with van der Waals surface area (Å²) in [6, 6.07) is 24.1. The summed E-state index contributed by atoms with van der Waals surface area (Å²) in [5, 5.41) is 2.95. The molecule has 3 N–H and O–H groups in total. The molecule has 3 aromatic rings. The van der Waals surface area contributed by atoms with E-state index in [4.69, 9.17) is 15.2 Å². The third-order valence-electron chi connectivity index (χ3n) is 5.75. The molecule has 7 heteroatoms. The fraction of sp³-hybridized carbons (Fsp3) is 0.259. The Morgan fingerprint density at radius 3 is 2.53 bits per heavy atom. The molecular formula is C27H29N3O4. The molecule has 0 bridgehead atoms. The molecule has 1 aliphatic rings. The minimum absolute atomic E-state index is 0.229. The summed E-state index contributed by atoms with van der Waals surface area (Å²) < 4.78 is 11.5. The lowest BCUT2D eigenvalue weighted by Crippen LogP contribution is -2.39. The standard InChI is InChI=1S/C27H29N3O4/c28-26(31)24-13-7-15-30(24)19-20-8-6-9-21(18-20)29-27(32)23-12-4-5-14-25(23)34-17-16-33-22-10-2-1-3-11-22/h1-6,8-12,14,18,24H,7,13,15-17,19H2,(H2,28,31)(H,29,32)/t24-/m1/s1. The van der Waals surface area contributed by atoms with E-state index in [1.54, 1.807) is 18.2 Å². The first-order valence-corrected chi connectivity index (χ1v) is 11.4. The predicted octanol–water partition coefficient (Wildman–Crippen LogP) is 3.85. The molecule has 0 radical (unpaired) electrons. The molecule has 7 nitrogen and oxygen atoms in total. The zero-order chi connectivity index (χ0) is 23.8. The number of likely N-dealkylation sites (tertiary alicyclic amines) is 1. The minimum Gasteiger partial charge on any atom is -0.490 e. The molecule has 0 aromatic heterocycles. The van der Waals surface area contributed by atoms with Gasteiger partial charge in [-0.15, -0.1) is 0 Å². The largest absolute Gasteiger partial charge is 0.490 e. The first-order chi connectivity index (χ1) is 16.6. The molecule has 1 heterocycles. The number of ether oxygens (including phenoxy) is 2. The summed E-state index contributed by atoms with van der Waals surface area (Å²) in [5.74, 6) is 0.725. The number of benzene rings is 3. The van der Waals surface area contributed by atoms with Crippen molar-refractivity contribution >= 4 is 17.5 Å². The highest BCUT2D eigenvalue weighted by Crippen LogP contribution is 2.23. The first-order valence-electron chi connectivity index (χ1n) is 11.4. The number of carbonyl (C=O) groups excluding carboxylic acids is 2. The zero-order valence-electron chi connectivity index (χ0n) is 19.0. The van der Waals surface area contributed by atoms with Gasteiger partial charge in [-0.25, -0.2) is 0 Å². The van der Waals surface area contributed by atoms with Crippen LogP contribution in [0.25, 0.3) is 0 Å². The molecule has 1 aliphatic heterocycles. The molecule has 1 atom stereocenters. The molecule has 0 unspecified atom stereocenters. The second-order valence-electron chi connectivity index (χ2n) is 8.19. The summed E-state index contributed by atoms with van der Waals surface area (Å²) >= 11 is 0. The Balaban J connectivity index is 1.35. The van der Waals surface area contributed by atoms with Crippen LogP contribution in [0.15, 0.2) is 78.9 Å². The van der Waals surface area contributed by atoms with Gasteiger partial charge in [-0.05, 0) is 61.3 Å². The van der Waals surface area contributed by atoms with Crippen molar-refractivity contribution in [2.24, 2.45) is 5.73 Å². The van der Waals surface area contributed by atoms with E-state index >= 15 is 0 Å². The highest BCUT2D eigenvalue weighted by molar-refractivity contribution is 6.06. The second-order valence-corrected chi connectivity index (χ2v) is 8.19. The van der Waals surface area contributed by atoms with Crippen molar-refractivity contribution in [1.29, 1.82) is 0 Å². The van der Waals surface area contributed by atoms with Crippen LogP contribution in [0.2, 0.25) is 0 Å².